The van der Waals surface area contributed by atoms with Crippen LogP contribution in [0.1, 0.15) is 12.5 Å². The van der Waals surface area contributed by atoms with E-state index in [1.165, 1.54) is 4.90 Å². The van der Waals surface area contributed by atoms with E-state index in [1.807, 2.05) is 114 Å². The highest BCUT2D eigenvalue weighted by molar-refractivity contribution is 6.33. The maximum Gasteiger partial charge on any atom is 0.280 e. The third-order valence-corrected chi connectivity index (χ3v) is 5.80. The van der Waals surface area contributed by atoms with Crippen molar-refractivity contribution in [3.63, 3.8) is 0 Å². The Labute approximate surface area is 186 Å². The van der Waals surface area contributed by atoms with Crippen LogP contribution in [-0.2, 0) is 16.1 Å². The lowest BCUT2D eigenvalue weighted by Crippen LogP contribution is -2.34. The van der Waals surface area contributed by atoms with Gasteiger partial charge in [-0.15, -0.1) is 0 Å². The molecule has 0 unspecified atom stereocenters. The number of carbonyl (C=O) groups excluding carboxylic acids is 2. The maximum atomic E-state index is 13.7. The highest BCUT2D eigenvalue weighted by Crippen LogP contribution is 2.34. The monoisotopic (exact) mass is 421 g/mol. The number of para-hydroxylation sites is 2. The predicted octanol–water partition coefficient (Wildman–Crippen LogP) is 4.91. The maximum absolute atomic E-state index is 13.7. The smallest absolute Gasteiger partial charge is 0.280 e. The lowest BCUT2D eigenvalue weighted by Gasteiger charge is -2.24. The first-order chi connectivity index (χ1) is 15.7. The van der Waals surface area contributed by atoms with E-state index in [0.29, 0.717) is 17.9 Å². The first-order valence-electron chi connectivity index (χ1n) is 10.7. The van der Waals surface area contributed by atoms with Crippen LogP contribution in [0.4, 0.5) is 5.69 Å². The first kappa shape index (κ1) is 19.8. The van der Waals surface area contributed by atoms with E-state index in [9.17, 15) is 9.59 Å². The number of hydrogen-bond donors (Lipinski definition) is 0. The fourth-order valence-corrected chi connectivity index (χ4v) is 4.28. The Balaban J connectivity index is 1.68. The lowest BCUT2D eigenvalue weighted by atomic mass is 10.2. The molecule has 32 heavy (non-hydrogen) atoms. The van der Waals surface area contributed by atoms with E-state index in [4.69, 9.17) is 0 Å². The molecule has 2 amide bonds. The van der Waals surface area contributed by atoms with Crippen LogP contribution in [-0.4, -0.2) is 27.8 Å². The Morgan fingerprint density at radius 3 is 2.12 bits per heavy atom. The zero-order chi connectivity index (χ0) is 22.1. The van der Waals surface area contributed by atoms with Gasteiger partial charge in [0, 0.05) is 18.4 Å². The minimum absolute atomic E-state index is 0.233. The van der Waals surface area contributed by atoms with Gasteiger partial charge >= 0.3 is 0 Å². The van der Waals surface area contributed by atoms with Gasteiger partial charge in [0.2, 0.25) is 0 Å². The highest BCUT2D eigenvalue weighted by Gasteiger charge is 2.42. The van der Waals surface area contributed by atoms with Crippen molar-refractivity contribution in [1.82, 2.24) is 9.47 Å². The van der Waals surface area contributed by atoms with Crippen molar-refractivity contribution >= 4 is 34.1 Å². The largest absolute Gasteiger partial charge is 0.335 e. The Hall–Kier alpha value is -4.12. The molecule has 1 aromatic heterocycles. The average molecular weight is 422 g/mol. The van der Waals surface area contributed by atoms with Gasteiger partial charge in [-0.2, -0.15) is 0 Å². The molecule has 3 aromatic carbocycles. The molecule has 1 aliphatic rings. The number of anilines is 1. The van der Waals surface area contributed by atoms with Crippen LogP contribution >= 0.6 is 0 Å². The molecule has 0 spiro atoms. The fourth-order valence-electron chi connectivity index (χ4n) is 4.28. The molecular formula is C27H23N3O2. The van der Waals surface area contributed by atoms with Gasteiger partial charge in [0.15, 0.2) is 0 Å². The summed E-state index contributed by atoms with van der Waals surface area (Å²) in [5.74, 6) is -0.568. The summed E-state index contributed by atoms with van der Waals surface area (Å²) in [4.78, 5) is 30.7. The van der Waals surface area contributed by atoms with Crippen molar-refractivity contribution in [3.05, 3.63) is 108 Å². The Bertz CT molecular complexity index is 1320. The SMILES string of the molecule is CCN(C1=C(n2ccc3ccccc32)C(=O)N(Cc2ccccc2)C1=O)c1ccccc1. The van der Waals surface area contributed by atoms with Crippen molar-refractivity contribution in [2.24, 2.45) is 0 Å². The number of likely N-dealkylation sites (N-methyl/N-ethyl adjacent to an activating group) is 1. The summed E-state index contributed by atoms with van der Waals surface area (Å²) in [7, 11) is 0. The van der Waals surface area contributed by atoms with E-state index < -0.39 is 0 Å². The van der Waals surface area contributed by atoms with Crippen LogP contribution in [0.15, 0.2) is 103 Å². The minimum Gasteiger partial charge on any atom is -0.335 e. The van der Waals surface area contributed by atoms with Crippen molar-refractivity contribution < 1.29 is 9.59 Å². The molecule has 0 N–H and O–H groups in total. The average Bonchev–Trinajstić information content (AvgIpc) is 3.36. The van der Waals surface area contributed by atoms with Crippen LogP contribution in [0.5, 0.6) is 0 Å². The summed E-state index contributed by atoms with van der Waals surface area (Å²) in [6.07, 6.45) is 1.87. The third-order valence-electron chi connectivity index (χ3n) is 5.80. The molecule has 1 aliphatic heterocycles. The Kier molecular flexibility index (Phi) is 5.07. The quantitative estimate of drug-likeness (QED) is 0.416. The molecule has 0 saturated heterocycles. The van der Waals surface area contributed by atoms with E-state index in [-0.39, 0.29) is 18.4 Å². The van der Waals surface area contributed by atoms with Crippen molar-refractivity contribution in [3.8, 4) is 0 Å². The predicted molar refractivity (Wildman–Crippen MR) is 127 cm³/mol. The molecule has 158 valence electrons. The molecular weight excluding hydrogens is 398 g/mol. The summed E-state index contributed by atoms with van der Waals surface area (Å²) in [5, 5.41) is 1.02. The Morgan fingerprint density at radius 1 is 0.750 bits per heavy atom. The van der Waals surface area contributed by atoms with Gasteiger partial charge in [-0.25, -0.2) is 0 Å². The molecule has 5 nitrogen and oxygen atoms in total. The zero-order valence-electron chi connectivity index (χ0n) is 17.8. The topological polar surface area (TPSA) is 45.6 Å². The molecule has 4 aromatic rings. The number of carbonyl (C=O) groups is 2. The van der Waals surface area contributed by atoms with Gasteiger partial charge in [-0.05, 0) is 42.1 Å². The first-order valence-corrected chi connectivity index (χ1v) is 10.7. The molecule has 5 rings (SSSR count). The van der Waals surface area contributed by atoms with Crippen LogP contribution in [0.25, 0.3) is 16.6 Å². The zero-order valence-corrected chi connectivity index (χ0v) is 17.8. The van der Waals surface area contributed by atoms with Crippen molar-refractivity contribution in [2.75, 3.05) is 11.4 Å². The lowest BCUT2D eigenvalue weighted by molar-refractivity contribution is -0.137. The third kappa shape index (κ3) is 3.28. The molecule has 2 heterocycles. The van der Waals surface area contributed by atoms with Gasteiger partial charge in [-0.1, -0.05) is 66.7 Å². The van der Waals surface area contributed by atoms with Gasteiger partial charge in [0.05, 0.1) is 12.1 Å². The van der Waals surface area contributed by atoms with Crippen LogP contribution in [0.2, 0.25) is 0 Å². The molecule has 0 radical (unpaired) electrons. The number of nitrogens with zero attached hydrogens (tertiary/aromatic N) is 3. The summed E-state index contributed by atoms with van der Waals surface area (Å²) in [5.41, 5.74) is 3.47. The summed E-state index contributed by atoms with van der Waals surface area (Å²) < 4.78 is 1.85. The number of amides is 2. The second kappa shape index (κ2) is 8.19. The van der Waals surface area contributed by atoms with Gasteiger partial charge in [0.25, 0.3) is 11.8 Å². The molecule has 0 bridgehead atoms. The Morgan fingerprint density at radius 2 is 1.41 bits per heavy atom. The molecule has 0 atom stereocenters. The fraction of sp³-hybridized carbons (Fsp3) is 0.111. The number of imide groups is 1. The highest BCUT2D eigenvalue weighted by atomic mass is 16.2. The van der Waals surface area contributed by atoms with Crippen molar-refractivity contribution in [2.45, 2.75) is 13.5 Å². The number of fused-ring (bicyclic) bond motifs is 1. The molecule has 0 fully saturated rings. The second-order valence-electron chi connectivity index (χ2n) is 7.70. The van der Waals surface area contributed by atoms with Gasteiger partial charge in [0.1, 0.15) is 11.4 Å². The number of benzene rings is 3. The summed E-state index contributed by atoms with van der Waals surface area (Å²) in [6.45, 7) is 2.78. The second-order valence-corrected chi connectivity index (χ2v) is 7.70. The normalized spacial score (nSPS) is 14.0. The van der Waals surface area contributed by atoms with Gasteiger partial charge < -0.3 is 9.47 Å². The molecule has 0 aliphatic carbocycles. The van der Waals surface area contributed by atoms with E-state index in [0.717, 1.165) is 22.2 Å². The van der Waals surface area contributed by atoms with Crippen LogP contribution < -0.4 is 4.90 Å². The molecule has 5 heteroatoms. The standard InChI is InChI=1S/C27H23N3O2/c1-2-28(22-14-7-4-8-15-22)24-25(29-18-17-21-13-9-10-16-23(21)29)27(32)30(26(24)31)19-20-11-5-3-6-12-20/h3-18H,2,19H2,1H3. The number of aromatic nitrogens is 1. The summed E-state index contributed by atoms with van der Waals surface area (Å²) in [6, 6.07) is 29.2. The number of hydrogen-bond acceptors (Lipinski definition) is 3. The van der Waals surface area contributed by atoms with Crippen molar-refractivity contribution in [1.29, 1.82) is 0 Å². The number of rotatable bonds is 6. The van der Waals surface area contributed by atoms with Gasteiger partial charge in [-0.3, -0.25) is 14.5 Å². The molecule has 0 saturated carbocycles. The van der Waals surface area contributed by atoms with E-state index >= 15 is 0 Å². The van der Waals surface area contributed by atoms with Crippen LogP contribution in [0, 0.1) is 0 Å². The summed E-state index contributed by atoms with van der Waals surface area (Å²) >= 11 is 0. The van der Waals surface area contributed by atoms with E-state index in [1.54, 1.807) is 0 Å². The van der Waals surface area contributed by atoms with Crippen LogP contribution in [0.3, 0.4) is 0 Å². The minimum atomic E-state index is -0.287. The van der Waals surface area contributed by atoms with E-state index in [2.05, 4.69) is 0 Å².